The zero-order chi connectivity index (χ0) is 20.6. The van der Waals surface area contributed by atoms with Crippen LogP contribution in [-0.4, -0.2) is 23.2 Å². The molecule has 0 unspecified atom stereocenters. The van der Waals surface area contributed by atoms with Crippen LogP contribution in [0.3, 0.4) is 0 Å². The number of nitrogens with one attached hydrogen (secondary N) is 1. The predicted molar refractivity (Wildman–Crippen MR) is 111 cm³/mol. The zero-order valence-electron chi connectivity index (χ0n) is 16.5. The van der Waals surface area contributed by atoms with Crippen LogP contribution >= 0.6 is 11.6 Å². The molecule has 0 saturated heterocycles. The fourth-order valence-electron chi connectivity index (χ4n) is 2.90. The molecule has 0 radical (unpaired) electrons. The average Bonchev–Trinajstić information content (AvgIpc) is 3.19. The zero-order valence-corrected chi connectivity index (χ0v) is 17.3. The minimum absolute atomic E-state index is 0.0644. The smallest absolute Gasteiger partial charge is 0.220 e. The predicted octanol–water partition coefficient (Wildman–Crippen LogP) is 4.33. The van der Waals surface area contributed by atoms with Gasteiger partial charge in [0.25, 0.3) is 0 Å². The van der Waals surface area contributed by atoms with E-state index in [2.05, 4.69) is 15.5 Å². The molecule has 0 aliphatic carbocycles. The number of carbonyl (C=O) groups is 1. The number of aromatic nitrogens is 2. The van der Waals surface area contributed by atoms with E-state index in [0.29, 0.717) is 29.6 Å². The van der Waals surface area contributed by atoms with E-state index in [4.69, 9.17) is 20.8 Å². The third kappa shape index (κ3) is 6.32. The molecule has 1 amide bonds. The Morgan fingerprint density at radius 1 is 1.03 bits per heavy atom. The number of halogens is 1. The van der Waals surface area contributed by atoms with E-state index in [1.54, 1.807) is 7.11 Å². The first kappa shape index (κ1) is 20.9. The van der Waals surface area contributed by atoms with Crippen LogP contribution in [0.25, 0.3) is 0 Å². The highest BCUT2D eigenvalue weighted by Crippen LogP contribution is 2.17. The molecular formula is C22H24ClN3O3. The number of hydrogen-bond donors (Lipinski definition) is 1. The highest BCUT2D eigenvalue weighted by molar-refractivity contribution is 6.30. The summed E-state index contributed by atoms with van der Waals surface area (Å²) in [5.74, 6) is 1.82. The van der Waals surface area contributed by atoms with E-state index >= 15 is 0 Å². The molecule has 29 heavy (non-hydrogen) atoms. The Hall–Kier alpha value is -2.86. The molecule has 1 N–H and O–H groups in total. The van der Waals surface area contributed by atoms with Gasteiger partial charge in [0.1, 0.15) is 5.75 Å². The molecule has 7 heteroatoms. The van der Waals surface area contributed by atoms with Gasteiger partial charge in [-0.25, -0.2) is 0 Å². The van der Waals surface area contributed by atoms with E-state index in [1.807, 2.05) is 55.5 Å². The highest BCUT2D eigenvalue weighted by Gasteiger charge is 2.12. The van der Waals surface area contributed by atoms with Gasteiger partial charge < -0.3 is 14.5 Å². The number of aryl methyl sites for hydroxylation is 3. The fraction of sp³-hybridized carbons (Fsp3) is 0.318. The molecule has 3 rings (SSSR count). The standard InChI is InChI=1S/C22H24ClN3O3/c1-15(17-6-8-18(23)9-7-17)24-20(27)12-14-22-26-25-21(29-22)13-5-16-3-10-19(28-2)11-4-16/h3-4,6-11,15H,5,12-14H2,1-2H3,(H,24,27)/t15-/m1/s1. The largest absolute Gasteiger partial charge is 0.497 e. The third-order valence-corrected chi connectivity index (χ3v) is 4.86. The second kappa shape index (κ2) is 10.1. The van der Waals surface area contributed by atoms with Crippen molar-refractivity contribution in [3.05, 3.63) is 76.5 Å². The first-order chi connectivity index (χ1) is 14.0. The van der Waals surface area contributed by atoms with E-state index < -0.39 is 0 Å². The summed E-state index contributed by atoms with van der Waals surface area (Å²) in [5, 5.41) is 11.8. The number of rotatable bonds is 9. The summed E-state index contributed by atoms with van der Waals surface area (Å²) in [6.45, 7) is 1.94. The number of nitrogens with zero attached hydrogens (tertiary/aromatic N) is 2. The molecule has 1 aromatic heterocycles. The average molecular weight is 414 g/mol. The summed E-state index contributed by atoms with van der Waals surface area (Å²) < 4.78 is 10.8. The van der Waals surface area contributed by atoms with Crippen LogP contribution in [0.2, 0.25) is 5.02 Å². The quantitative estimate of drug-likeness (QED) is 0.565. The maximum Gasteiger partial charge on any atom is 0.220 e. The van der Waals surface area contributed by atoms with E-state index in [0.717, 1.165) is 17.7 Å². The van der Waals surface area contributed by atoms with Crippen molar-refractivity contribution < 1.29 is 13.9 Å². The Balaban J connectivity index is 1.43. The van der Waals surface area contributed by atoms with Crippen molar-refractivity contribution in [3.8, 4) is 5.75 Å². The van der Waals surface area contributed by atoms with Crippen LogP contribution in [-0.2, 0) is 24.1 Å². The van der Waals surface area contributed by atoms with Gasteiger partial charge in [-0.05, 0) is 48.7 Å². The van der Waals surface area contributed by atoms with E-state index in [-0.39, 0.29) is 18.4 Å². The highest BCUT2D eigenvalue weighted by atomic mass is 35.5. The van der Waals surface area contributed by atoms with Crippen molar-refractivity contribution in [2.75, 3.05) is 7.11 Å². The van der Waals surface area contributed by atoms with Gasteiger partial charge in [0.15, 0.2) is 0 Å². The van der Waals surface area contributed by atoms with Crippen molar-refractivity contribution >= 4 is 17.5 Å². The van der Waals surface area contributed by atoms with Gasteiger partial charge in [-0.1, -0.05) is 35.9 Å². The van der Waals surface area contributed by atoms with Gasteiger partial charge >= 0.3 is 0 Å². The Bertz CT molecular complexity index is 923. The normalized spacial score (nSPS) is 11.8. The van der Waals surface area contributed by atoms with E-state index in [9.17, 15) is 4.79 Å². The molecule has 0 saturated carbocycles. The lowest BCUT2D eigenvalue weighted by Crippen LogP contribution is -2.26. The molecule has 1 atom stereocenters. The van der Waals surface area contributed by atoms with Gasteiger partial charge in [0.2, 0.25) is 17.7 Å². The summed E-state index contributed by atoms with van der Waals surface area (Å²) in [4.78, 5) is 12.2. The van der Waals surface area contributed by atoms with Gasteiger partial charge in [0, 0.05) is 24.3 Å². The molecule has 0 aliphatic rings. The molecule has 152 valence electrons. The lowest BCUT2D eigenvalue weighted by Gasteiger charge is -2.14. The molecule has 0 fully saturated rings. The van der Waals surface area contributed by atoms with Crippen LogP contribution in [0, 0.1) is 0 Å². The van der Waals surface area contributed by atoms with Gasteiger partial charge in [0.05, 0.1) is 13.2 Å². The second-order valence-corrected chi connectivity index (χ2v) is 7.21. The Morgan fingerprint density at radius 3 is 2.34 bits per heavy atom. The first-order valence-electron chi connectivity index (χ1n) is 9.52. The summed E-state index contributed by atoms with van der Waals surface area (Å²) in [5.41, 5.74) is 2.17. The van der Waals surface area contributed by atoms with Crippen molar-refractivity contribution in [2.45, 2.75) is 38.6 Å². The van der Waals surface area contributed by atoms with Crippen LogP contribution in [0.5, 0.6) is 5.75 Å². The van der Waals surface area contributed by atoms with Crippen molar-refractivity contribution in [1.82, 2.24) is 15.5 Å². The molecule has 0 spiro atoms. The topological polar surface area (TPSA) is 77.2 Å². The minimum Gasteiger partial charge on any atom is -0.497 e. The van der Waals surface area contributed by atoms with Crippen molar-refractivity contribution in [2.24, 2.45) is 0 Å². The summed E-state index contributed by atoms with van der Waals surface area (Å²) in [7, 11) is 1.65. The third-order valence-electron chi connectivity index (χ3n) is 4.61. The number of methoxy groups -OCH3 is 1. The number of benzene rings is 2. The Labute approximate surface area is 175 Å². The van der Waals surface area contributed by atoms with Crippen LogP contribution in [0.4, 0.5) is 0 Å². The van der Waals surface area contributed by atoms with Gasteiger partial charge in [-0.15, -0.1) is 10.2 Å². The molecule has 6 nitrogen and oxygen atoms in total. The van der Waals surface area contributed by atoms with E-state index in [1.165, 1.54) is 5.56 Å². The summed E-state index contributed by atoms with van der Waals surface area (Å²) >= 11 is 5.90. The fourth-order valence-corrected chi connectivity index (χ4v) is 3.03. The number of hydrogen-bond acceptors (Lipinski definition) is 5. The van der Waals surface area contributed by atoms with Crippen molar-refractivity contribution in [1.29, 1.82) is 0 Å². The molecule has 1 heterocycles. The molecule has 3 aromatic rings. The maximum atomic E-state index is 12.2. The van der Waals surface area contributed by atoms with Crippen LogP contribution in [0.15, 0.2) is 52.9 Å². The number of carbonyl (C=O) groups excluding carboxylic acids is 1. The van der Waals surface area contributed by atoms with Gasteiger partial charge in [-0.3, -0.25) is 4.79 Å². The monoisotopic (exact) mass is 413 g/mol. The minimum atomic E-state index is -0.0949. The first-order valence-corrected chi connectivity index (χ1v) is 9.90. The number of ether oxygens (including phenoxy) is 1. The summed E-state index contributed by atoms with van der Waals surface area (Å²) in [6, 6.07) is 15.2. The van der Waals surface area contributed by atoms with Crippen molar-refractivity contribution in [3.63, 3.8) is 0 Å². The maximum absolute atomic E-state index is 12.2. The molecule has 0 bridgehead atoms. The Morgan fingerprint density at radius 2 is 1.69 bits per heavy atom. The second-order valence-electron chi connectivity index (χ2n) is 6.78. The molecule has 0 aliphatic heterocycles. The molecule has 2 aromatic carbocycles. The summed E-state index contributed by atoms with van der Waals surface area (Å²) in [6.07, 6.45) is 2.15. The SMILES string of the molecule is COc1ccc(CCc2nnc(CCC(=O)N[C@H](C)c3ccc(Cl)cc3)o2)cc1. The lowest BCUT2D eigenvalue weighted by atomic mass is 10.1. The lowest BCUT2D eigenvalue weighted by molar-refractivity contribution is -0.121. The molecular weight excluding hydrogens is 390 g/mol. The van der Waals surface area contributed by atoms with Crippen LogP contribution < -0.4 is 10.1 Å². The van der Waals surface area contributed by atoms with Crippen LogP contribution in [0.1, 0.15) is 42.3 Å². The van der Waals surface area contributed by atoms with Gasteiger partial charge in [-0.2, -0.15) is 0 Å². The number of amides is 1. The Kier molecular flexibility index (Phi) is 7.25.